The van der Waals surface area contributed by atoms with Gasteiger partial charge in [-0.25, -0.2) is 9.59 Å². The van der Waals surface area contributed by atoms with Gasteiger partial charge in [-0.3, -0.25) is 0 Å². The normalized spacial score (nSPS) is 37.5. The Morgan fingerprint density at radius 1 is 1.50 bits per heavy atom. The standard InChI is InChI=1S/C18H25NO5/c1-11-13-8-7-12(10-22-17(21)19(3)4)6-5-9-18(2)15(24-18)14(13)23-16(11)20/h6,13-15H,1,5,7-10H2,2-4H3/b12-6+/t13-,14-,15-,18+/m0/s1. The Morgan fingerprint density at radius 3 is 2.96 bits per heavy atom. The average molecular weight is 335 g/mol. The summed E-state index contributed by atoms with van der Waals surface area (Å²) in [5, 5.41) is 0. The Hall–Kier alpha value is -1.82. The number of fused-ring (bicyclic) bond motifs is 3. The summed E-state index contributed by atoms with van der Waals surface area (Å²) in [5.41, 5.74) is 1.36. The fourth-order valence-electron chi connectivity index (χ4n) is 3.53. The van der Waals surface area contributed by atoms with Crippen LogP contribution in [0.3, 0.4) is 0 Å². The second kappa shape index (κ2) is 6.24. The highest BCUT2D eigenvalue weighted by atomic mass is 16.6. The molecule has 0 unspecified atom stereocenters. The first-order chi connectivity index (χ1) is 11.3. The molecule has 0 aromatic rings. The maximum Gasteiger partial charge on any atom is 0.409 e. The predicted molar refractivity (Wildman–Crippen MR) is 87.4 cm³/mol. The Morgan fingerprint density at radius 2 is 2.25 bits per heavy atom. The minimum Gasteiger partial charge on any atom is -0.455 e. The molecule has 2 heterocycles. The first-order valence-corrected chi connectivity index (χ1v) is 8.41. The summed E-state index contributed by atoms with van der Waals surface area (Å²) in [6, 6.07) is 0. The zero-order valence-electron chi connectivity index (χ0n) is 14.5. The molecule has 0 N–H and O–H groups in total. The third-order valence-electron chi connectivity index (χ3n) is 5.19. The molecule has 2 saturated heterocycles. The highest BCUT2D eigenvalue weighted by molar-refractivity contribution is 5.91. The molecule has 0 saturated carbocycles. The minimum absolute atomic E-state index is 0.0321. The third kappa shape index (κ3) is 3.20. The summed E-state index contributed by atoms with van der Waals surface area (Å²) in [7, 11) is 3.32. The molecule has 0 bridgehead atoms. The molecule has 2 aliphatic heterocycles. The summed E-state index contributed by atoms with van der Waals surface area (Å²) in [6.07, 6.45) is 4.72. The van der Waals surface area contributed by atoms with Gasteiger partial charge in [0.1, 0.15) is 18.8 Å². The third-order valence-corrected chi connectivity index (χ3v) is 5.19. The zero-order chi connectivity index (χ0) is 17.5. The van der Waals surface area contributed by atoms with Crippen LogP contribution >= 0.6 is 0 Å². The van der Waals surface area contributed by atoms with E-state index in [0.717, 1.165) is 31.3 Å². The summed E-state index contributed by atoms with van der Waals surface area (Å²) >= 11 is 0. The van der Waals surface area contributed by atoms with Gasteiger partial charge in [-0.15, -0.1) is 0 Å². The number of amides is 1. The first-order valence-electron chi connectivity index (χ1n) is 8.41. The number of carbonyl (C=O) groups excluding carboxylic acids is 2. The van der Waals surface area contributed by atoms with Crippen LogP contribution in [0.4, 0.5) is 4.79 Å². The Balaban J connectivity index is 1.71. The fourth-order valence-corrected chi connectivity index (χ4v) is 3.53. The van der Waals surface area contributed by atoms with Gasteiger partial charge in [-0.1, -0.05) is 12.7 Å². The van der Waals surface area contributed by atoms with Crippen molar-refractivity contribution in [2.24, 2.45) is 5.92 Å². The molecule has 0 spiro atoms. The maximum atomic E-state index is 11.9. The quantitative estimate of drug-likeness (QED) is 0.335. The van der Waals surface area contributed by atoms with E-state index in [0.29, 0.717) is 5.57 Å². The molecular weight excluding hydrogens is 310 g/mol. The second-order valence-corrected chi connectivity index (χ2v) is 7.24. The van der Waals surface area contributed by atoms with E-state index in [-0.39, 0.29) is 42.4 Å². The SMILES string of the molecule is C=C1C(=O)O[C@H]2[C@H]1CC/C(COC(=O)N(C)C)=C\CC[C@@]1(C)O[C@@H]21. The van der Waals surface area contributed by atoms with Gasteiger partial charge in [-0.2, -0.15) is 0 Å². The number of allylic oxidation sites excluding steroid dienone is 1. The number of ether oxygens (including phenoxy) is 3. The van der Waals surface area contributed by atoms with Gasteiger partial charge >= 0.3 is 12.1 Å². The van der Waals surface area contributed by atoms with Gasteiger partial charge in [0, 0.05) is 25.6 Å². The number of nitrogens with zero attached hydrogens (tertiary/aromatic N) is 1. The van der Waals surface area contributed by atoms with Gasteiger partial charge in [0.05, 0.1) is 5.60 Å². The Bertz CT molecular complexity index is 596. The van der Waals surface area contributed by atoms with Crippen molar-refractivity contribution in [3.63, 3.8) is 0 Å². The van der Waals surface area contributed by atoms with Crippen molar-refractivity contribution in [2.75, 3.05) is 20.7 Å². The number of hydrogen-bond acceptors (Lipinski definition) is 5. The van der Waals surface area contributed by atoms with Crippen LogP contribution in [-0.4, -0.2) is 55.5 Å². The molecule has 0 aromatic heterocycles. The summed E-state index contributed by atoms with van der Waals surface area (Å²) in [4.78, 5) is 24.9. The summed E-state index contributed by atoms with van der Waals surface area (Å²) in [6.45, 7) is 6.24. The first kappa shape index (κ1) is 17.0. The van der Waals surface area contributed by atoms with Crippen LogP contribution < -0.4 is 0 Å². The number of carbonyl (C=O) groups is 2. The van der Waals surface area contributed by atoms with Crippen LogP contribution in [0, 0.1) is 5.92 Å². The average Bonchev–Trinajstić information content (AvgIpc) is 3.12. The lowest BCUT2D eigenvalue weighted by atomic mass is 9.84. The van der Waals surface area contributed by atoms with Crippen molar-refractivity contribution in [2.45, 2.75) is 50.4 Å². The molecule has 1 aliphatic carbocycles. The van der Waals surface area contributed by atoms with Gasteiger partial charge in [0.2, 0.25) is 0 Å². The lowest BCUT2D eigenvalue weighted by molar-refractivity contribution is -0.140. The van der Waals surface area contributed by atoms with Crippen LogP contribution in [0.2, 0.25) is 0 Å². The van der Waals surface area contributed by atoms with E-state index >= 15 is 0 Å². The monoisotopic (exact) mass is 335 g/mol. The second-order valence-electron chi connectivity index (χ2n) is 7.24. The molecule has 1 amide bonds. The number of esters is 1. The van der Waals surface area contributed by atoms with Crippen LogP contribution in [-0.2, 0) is 19.0 Å². The summed E-state index contributed by atoms with van der Waals surface area (Å²) in [5.74, 6) is -0.345. The maximum absolute atomic E-state index is 11.9. The Kier molecular flexibility index (Phi) is 4.42. The lowest BCUT2D eigenvalue weighted by Gasteiger charge is -2.20. The van der Waals surface area contributed by atoms with Gasteiger partial charge < -0.3 is 19.1 Å². The fraction of sp³-hybridized carbons (Fsp3) is 0.667. The smallest absolute Gasteiger partial charge is 0.409 e. The highest BCUT2D eigenvalue weighted by Gasteiger charge is 2.61. The molecule has 6 nitrogen and oxygen atoms in total. The van der Waals surface area contributed by atoms with Crippen molar-refractivity contribution < 1.29 is 23.8 Å². The van der Waals surface area contributed by atoms with Crippen LogP contribution in [0.1, 0.15) is 32.6 Å². The van der Waals surface area contributed by atoms with Crippen molar-refractivity contribution in [3.05, 3.63) is 23.8 Å². The van der Waals surface area contributed by atoms with Crippen LogP contribution in [0.5, 0.6) is 0 Å². The van der Waals surface area contributed by atoms with Gasteiger partial charge in [-0.05, 0) is 38.2 Å². The molecule has 6 heteroatoms. The topological polar surface area (TPSA) is 68.4 Å². The van der Waals surface area contributed by atoms with E-state index < -0.39 is 0 Å². The largest absolute Gasteiger partial charge is 0.455 e. The van der Waals surface area contributed by atoms with Crippen molar-refractivity contribution >= 4 is 12.1 Å². The molecule has 3 aliphatic rings. The van der Waals surface area contributed by atoms with E-state index in [4.69, 9.17) is 14.2 Å². The number of hydrogen-bond donors (Lipinski definition) is 0. The predicted octanol–water partition coefficient (Wildman–Crippen LogP) is 2.44. The molecule has 2 fully saturated rings. The molecular formula is C18H25NO5. The molecule has 0 radical (unpaired) electrons. The Labute approximate surface area is 142 Å². The number of epoxide rings is 1. The van der Waals surface area contributed by atoms with E-state index in [1.54, 1.807) is 14.1 Å². The van der Waals surface area contributed by atoms with Crippen molar-refractivity contribution in [3.8, 4) is 0 Å². The van der Waals surface area contributed by atoms with E-state index in [1.165, 1.54) is 4.90 Å². The highest BCUT2D eigenvalue weighted by Crippen LogP contribution is 2.49. The number of rotatable bonds is 2. The van der Waals surface area contributed by atoms with Crippen LogP contribution in [0.25, 0.3) is 0 Å². The van der Waals surface area contributed by atoms with E-state index in [1.807, 2.05) is 0 Å². The van der Waals surface area contributed by atoms with Crippen LogP contribution in [0.15, 0.2) is 23.8 Å². The van der Waals surface area contributed by atoms with Gasteiger partial charge in [0.15, 0.2) is 0 Å². The van der Waals surface area contributed by atoms with Crippen molar-refractivity contribution in [1.82, 2.24) is 4.90 Å². The molecule has 132 valence electrons. The van der Waals surface area contributed by atoms with E-state index in [9.17, 15) is 9.59 Å². The molecule has 4 atom stereocenters. The molecule has 3 rings (SSSR count). The van der Waals surface area contributed by atoms with Crippen molar-refractivity contribution in [1.29, 1.82) is 0 Å². The lowest BCUT2D eigenvalue weighted by Crippen LogP contribution is -2.29. The molecule has 24 heavy (non-hydrogen) atoms. The molecule has 0 aromatic carbocycles. The van der Waals surface area contributed by atoms with E-state index in [2.05, 4.69) is 19.6 Å². The summed E-state index contributed by atoms with van der Waals surface area (Å²) < 4.78 is 16.7. The zero-order valence-corrected chi connectivity index (χ0v) is 14.5. The van der Waals surface area contributed by atoms with Gasteiger partial charge in [0.25, 0.3) is 0 Å². The minimum atomic E-state index is -0.354.